The first-order valence-corrected chi connectivity index (χ1v) is 10.2. The fourth-order valence-electron chi connectivity index (χ4n) is 4.92. The molecule has 3 aliphatic carbocycles. The summed E-state index contributed by atoms with van der Waals surface area (Å²) in [6.45, 7) is 2.66. The zero-order valence-electron chi connectivity index (χ0n) is 12.5. The van der Waals surface area contributed by atoms with E-state index < -0.39 is 0 Å². The van der Waals surface area contributed by atoms with Gasteiger partial charge in [0.25, 0.3) is 0 Å². The van der Waals surface area contributed by atoms with Crippen molar-refractivity contribution < 1.29 is 9.53 Å². The van der Waals surface area contributed by atoms with Gasteiger partial charge in [0.15, 0.2) is 5.12 Å². The molecule has 0 spiro atoms. The Morgan fingerprint density at radius 1 is 1.15 bits per heavy atom. The van der Waals surface area contributed by atoms with Crippen LogP contribution in [0.1, 0.15) is 39.0 Å². The molecule has 2 nitrogen and oxygen atoms in total. The first-order chi connectivity index (χ1) is 9.69. The molecular formula is C16H26O2S2. The maximum atomic E-state index is 11.3. The van der Waals surface area contributed by atoms with E-state index in [-0.39, 0.29) is 0 Å². The van der Waals surface area contributed by atoms with Crippen LogP contribution in [-0.4, -0.2) is 35.1 Å². The molecule has 0 saturated heterocycles. The van der Waals surface area contributed by atoms with E-state index in [1.807, 2.05) is 11.8 Å². The van der Waals surface area contributed by atoms with Crippen molar-refractivity contribution in [3.8, 4) is 0 Å². The van der Waals surface area contributed by atoms with Crippen molar-refractivity contribution in [2.75, 3.05) is 18.6 Å². The van der Waals surface area contributed by atoms with Crippen LogP contribution in [0.15, 0.2) is 0 Å². The van der Waals surface area contributed by atoms with Gasteiger partial charge in [-0.25, -0.2) is 0 Å². The Bertz CT molecular complexity index is 360. The Morgan fingerprint density at radius 3 is 2.70 bits per heavy atom. The van der Waals surface area contributed by atoms with Crippen molar-refractivity contribution >= 4 is 28.6 Å². The summed E-state index contributed by atoms with van der Waals surface area (Å²) in [4.78, 5) is 11.3. The van der Waals surface area contributed by atoms with Gasteiger partial charge in [0, 0.05) is 18.8 Å². The third-order valence-corrected chi connectivity index (χ3v) is 7.27. The second-order valence-electron chi connectivity index (χ2n) is 6.68. The molecule has 114 valence electrons. The topological polar surface area (TPSA) is 26.3 Å². The Balaban J connectivity index is 1.50. The number of carbonyl (C=O) groups excluding carboxylic acids is 1. The molecule has 20 heavy (non-hydrogen) atoms. The van der Waals surface area contributed by atoms with Crippen LogP contribution < -0.4 is 0 Å². The highest BCUT2D eigenvalue weighted by Gasteiger charge is 2.56. The van der Waals surface area contributed by atoms with Gasteiger partial charge < -0.3 is 4.74 Å². The Morgan fingerprint density at radius 2 is 1.95 bits per heavy atom. The molecule has 0 amide bonds. The number of fused-ring (bicyclic) bond motifs is 5. The number of hydrogen-bond donors (Lipinski definition) is 0. The average molecular weight is 315 g/mol. The molecular weight excluding hydrogens is 288 g/mol. The van der Waals surface area contributed by atoms with E-state index in [9.17, 15) is 4.79 Å². The van der Waals surface area contributed by atoms with Gasteiger partial charge in [-0.3, -0.25) is 4.79 Å². The van der Waals surface area contributed by atoms with Crippen molar-refractivity contribution in [1.82, 2.24) is 0 Å². The standard InChI is InChI=1S/C16H26O2S2/c1-10(17)20-12-8-13-11-6-15(14(13)9-12)16(7-11)18-4-3-5-19-2/h11-16H,3-9H2,1-2H3. The van der Waals surface area contributed by atoms with E-state index in [4.69, 9.17) is 4.74 Å². The molecule has 3 fully saturated rings. The fourth-order valence-corrected chi connectivity index (χ4v) is 6.43. The molecule has 4 heteroatoms. The van der Waals surface area contributed by atoms with Crippen LogP contribution in [0, 0.1) is 23.7 Å². The molecule has 0 aromatic rings. The molecule has 2 bridgehead atoms. The van der Waals surface area contributed by atoms with Gasteiger partial charge in [0.05, 0.1) is 6.10 Å². The lowest BCUT2D eigenvalue weighted by atomic mass is 9.80. The summed E-state index contributed by atoms with van der Waals surface area (Å²) in [6.07, 6.45) is 9.13. The molecule has 3 rings (SSSR count). The van der Waals surface area contributed by atoms with Gasteiger partial charge >= 0.3 is 0 Å². The van der Waals surface area contributed by atoms with Gasteiger partial charge in [-0.15, -0.1) is 0 Å². The molecule has 0 aromatic carbocycles. The zero-order chi connectivity index (χ0) is 14.1. The molecule has 0 heterocycles. The third kappa shape index (κ3) is 3.07. The highest BCUT2D eigenvalue weighted by atomic mass is 32.2. The number of hydrogen-bond acceptors (Lipinski definition) is 4. The van der Waals surface area contributed by atoms with Gasteiger partial charge in [-0.1, -0.05) is 11.8 Å². The minimum atomic E-state index is 0.298. The molecule has 0 aliphatic heterocycles. The minimum absolute atomic E-state index is 0.298. The lowest BCUT2D eigenvalue weighted by Crippen LogP contribution is -2.30. The van der Waals surface area contributed by atoms with Crippen LogP contribution in [0.3, 0.4) is 0 Å². The second-order valence-corrected chi connectivity index (χ2v) is 9.14. The molecule has 3 aliphatic rings. The van der Waals surface area contributed by atoms with E-state index in [1.54, 1.807) is 18.7 Å². The van der Waals surface area contributed by atoms with Gasteiger partial charge in [-0.2, -0.15) is 11.8 Å². The van der Waals surface area contributed by atoms with Crippen LogP contribution in [0.25, 0.3) is 0 Å². The van der Waals surface area contributed by atoms with Gasteiger partial charge in [0.2, 0.25) is 0 Å². The maximum Gasteiger partial charge on any atom is 0.186 e. The second kappa shape index (κ2) is 6.62. The number of ether oxygens (including phenoxy) is 1. The normalized spacial score (nSPS) is 42.1. The van der Waals surface area contributed by atoms with E-state index in [0.29, 0.717) is 16.5 Å². The summed E-state index contributed by atoms with van der Waals surface area (Å²) in [5.41, 5.74) is 0. The lowest BCUT2D eigenvalue weighted by Gasteiger charge is -2.31. The fraction of sp³-hybridized carbons (Fsp3) is 0.938. The van der Waals surface area contributed by atoms with Crippen molar-refractivity contribution in [2.24, 2.45) is 23.7 Å². The summed E-state index contributed by atoms with van der Waals surface area (Å²) >= 11 is 3.50. The smallest absolute Gasteiger partial charge is 0.186 e. The highest BCUT2D eigenvalue weighted by molar-refractivity contribution is 8.14. The van der Waals surface area contributed by atoms with Crippen LogP contribution in [0.2, 0.25) is 0 Å². The van der Waals surface area contributed by atoms with E-state index in [0.717, 1.165) is 30.3 Å². The molecule has 0 N–H and O–H groups in total. The van der Waals surface area contributed by atoms with Crippen molar-refractivity contribution in [3.63, 3.8) is 0 Å². The number of thioether (sulfide) groups is 2. The summed E-state index contributed by atoms with van der Waals surface area (Å²) in [5, 5.41) is 0.898. The van der Waals surface area contributed by atoms with Gasteiger partial charge in [0.1, 0.15) is 0 Å². The largest absolute Gasteiger partial charge is 0.378 e. The van der Waals surface area contributed by atoms with Crippen LogP contribution in [0.5, 0.6) is 0 Å². The monoisotopic (exact) mass is 314 g/mol. The van der Waals surface area contributed by atoms with Crippen molar-refractivity contribution in [1.29, 1.82) is 0 Å². The summed E-state index contributed by atoms with van der Waals surface area (Å²) in [6, 6.07) is 0. The maximum absolute atomic E-state index is 11.3. The van der Waals surface area contributed by atoms with E-state index >= 15 is 0 Å². The van der Waals surface area contributed by atoms with Gasteiger partial charge in [-0.05, 0) is 67.8 Å². The quantitative estimate of drug-likeness (QED) is 0.696. The molecule has 3 saturated carbocycles. The Labute approximate surface area is 131 Å². The first-order valence-electron chi connectivity index (χ1n) is 7.96. The minimum Gasteiger partial charge on any atom is -0.378 e. The van der Waals surface area contributed by atoms with E-state index in [1.165, 1.54) is 37.9 Å². The summed E-state index contributed by atoms with van der Waals surface area (Å²) < 4.78 is 6.18. The van der Waals surface area contributed by atoms with Crippen LogP contribution >= 0.6 is 23.5 Å². The Hall–Kier alpha value is 0.330. The van der Waals surface area contributed by atoms with Crippen molar-refractivity contribution in [2.45, 2.75) is 50.4 Å². The zero-order valence-corrected chi connectivity index (χ0v) is 14.2. The van der Waals surface area contributed by atoms with E-state index in [2.05, 4.69) is 6.26 Å². The Kier molecular flexibility index (Phi) is 5.04. The van der Waals surface area contributed by atoms with Crippen LogP contribution in [0.4, 0.5) is 0 Å². The summed E-state index contributed by atoms with van der Waals surface area (Å²) in [7, 11) is 0. The first kappa shape index (κ1) is 15.2. The number of rotatable bonds is 6. The SMILES string of the molecule is CSCCCOC1CC2CC1C1CC(SC(C)=O)CC21. The predicted octanol–water partition coefficient (Wildman–Crippen LogP) is 3.84. The highest BCUT2D eigenvalue weighted by Crippen LogP contribution is 2.61. The molecule has 0 aromatic heterocycles. The van der Waals surface area contributed by atoms with Crippen molar-refractivity contribution in [3.05, 3.63) is 0 Å². The summed E-state index contributed by atoms with van der Waals surface area (Å²) in [5.74, 6) is 4.67. The molecule has 0 radical (unpaired) electrons. The van der Waals surface area contributed by atoms with Crippen LogP contribution in [-0.2, 0) is 9.53 Å². The lowest BCUT2D eigenvalue weighted by molar-refractivity contribution is -0.109. The predicted molar refractivity (Wildman–Crippen MR) is 87.2 cm³/mol. The molecule has 6 atom stereocenters. The average Bonchev–Trinajstić information content (AvgIpc) is 3.04. The molecule has 6 unspecified atom stereocenters. The number of carbonyl (C=O) groups is 1. The third-order valence-electron chi connectivity index (χ3n) is 5.52.